The standard InChI is InChI=1S/C12H20N2O3S/c1-9(2)17-11-4-6-12(7-5-11)18(15,16)14-10(3)8-13/h4-7,9-10,14H,8,13H2,1-3H3/t10-/m0/s1. The number of sulfonamides is 1. The summed E-state index contributed by atoms with van der Waals surface area (Å²) in [6.07, 6.45) is 0.0582. The summed E-state index contributed by atoms with van der Waals surface area (Å²) >= 11 is 0. The van der Waals surface area contributed by atoms with Crippen LogP contribution in [-0.2, 0) is 10.0 Å². The molecule has 0 amide bonds. The van der Waals surface area contributed by atoms with Gasteiger partial charge in [0.15, 0.2) is 0 Å². The average Bonchev–Trinajstić information content (AvgIpc) is 2.28. The minimum Gasteiger partial charge on any atom is -0.491 e. The highest BCUT2D eigenvalue weighted by Gasteiger charge is 2.16. The smallest absolute Gasteiger partial charge is 0.240 e. The quantitative estimate of drug-likeness (QED) is 0.812. The SMILES string of the molecule is CC(C)Oc1ccc(S(=O)(=O)N[C@@H](C)CN)cc1. The molecule has 0 aliphatic carbocycles. The van der Waals surface area contributed by atoms with Crippen LogP contribution in [0.25, 0.3) is 0 Å². The Morgan fingerprint density at radius 3 is 2.22 bits per heavy atom. The summed E-state index contributed by atoms with van der Waals surface area (Å²) in [6, 6.07) is 6.03. The minimum absolute atomic E-state index is 0.0582. The highest BCUT2D eigenvalue weighted by molar-refractivity contribution is 7.89. The van der Waals surface area contributed by atoms with E-state index in [0.717, 1.165) is 0 Å². The van der Waals surface area contributed by atoms with Crippen molar-refractivity contribution < 1.29 is 13.2 Å². The predicted molar refractivity (Wildman–Crippen MR) is 71.0 cm³/mol. The molecule has 18 heavy (non-hydrogen) atoms. The second kappa shape index (κ2) is 6.17. The normalized spacial score (nSPS) is 13.6. The van der Waals surface area contributed by atoms with Crippen LogP contribution >= 0.6 is 0 Å². The van der Waals surface area contributed by atoms with E-state index in [9.17, 15) is 8.42 Å². The Morgan fingerprint density at radius 2 is 1.78 bits per heavy atom. The zero-order valence-corrected chi connectivity index (χ0v) is 11.7. The van der Waals surface area contributed by atoms with Gasteiger partial charge in [-0.25, -0.2) is 13.1 Å². The lowest BCUT2D eigenvalue weighted by Crippen LogP contribution is -2.37. The number of rotatable bonds is 6. The number of nitrogens with two attached hydrogens (primary N) is 1. The zero-order valence-electron chi connectivity index (χ0n) is 10.9. The van der Waals surface area contributed by atoms with Gasteiger partial charge in [0.1, 0.15) is 5.75 Å². The van der Waals surface area contributed by atoms with Crippen molar-refractivity contribution in [1.29, 1.82) is 0 Å². The molecule has 1 aromatic rings. The van der Waals surface area contributed by atoms with Crippen LogP contribution in [0, 0.1) is 0 Å². The van der Waals surface area contributed by atoms with Gasteiger partial charge in [-0.1, -0.05) is 0 Å². The summed E-state index contributed by atoms with van der Waals surface area (Å²) < 4.78 is 31.8. The van der Waals surface area contributed by atoms with Crippen molar-refractivity contribution in [1.82, 2.24) is 4.72 Å². The number of ether oxygens (including phenoxy) is 1. The van der Waals surface area contributed by atoms with E-state index in [1.807, 2.05) is 13.8 Å². The lowest BCUT2D eigenvalue weighted by atomic mass is 10.3. The van der Waals surface area contributed by atoms with Gasteiger partial charge < -0.3 is 10.5 Å². The van der Waals surface area contributed by atoms with Crippen LogP contribution in [0.15, 0.2) is 29.2 Å². The molecule has 0 fully saturated rings. The first kappa shape index (κ1) is 14.9. The predicted octanol–water partition coefficient (Wildman–Crippen LogP) is 1.10. The van der Waals surface area contributed by atoms with Gasteiger partial charge >= 0.3 is 0 Å². The molecule has 0 aliphatic rings. The van der Waals surface area contributed by atoms with Crippen LogP contribution in [-0.4, -0.2) is 27.1 Å². The van der Waals surface area contributed by atoms with Gasteiger partial charge in [0.2, 0.25) is 10.0 Å². The van der Waals surface area contributed by atoms with Gasteiger partial charge in [0, 0.05) is 12.6 Å². The molecule has 0 spiro atoms. The molecule has 0 saturated carbocycles. The van der Waals surface area contributed by atoms with E-state index >= 15 is 0 Å². The fraction of sp³-hybridized carbons (Fsp3) is 0.500. The molecule has 3 N–H and O–H groups in total. The highest BCUT2D eigenvalue weighted by Crippen LogP contribution is 2.17. The van der Waals surface area contributed by atoms with Gasteiger partial charge in [-0.15, -0.1) is 0 Å². The molecule has 5 nitrogen and oxygen atoms in total. The molecule has 1 atom stereocenters. The molecule has 0 radical (unpaired) electrons. The highest BCUT2D eigenvalue weighted by atomic mass is 32.2. The molecule has 0 aromatic heterocycles. The van der Waals surface area contributed by atoms with Gasteiger partial charge in [0.05, 0.1) is 11.0 Å². The second-order valence-corrected chi connectivity index (χ2v) is 6.11. The topological polar surface area (TPSA) is 81.4 Å². The summed E-state index contributed by atoms with van der Waals surface area (Å²) in [7, 11) is -3.50. The molecule has 0 saturated heterocycles. The molecular formula is C12H20N2O3S. The Hall–Kier alpha value is -1.11. The Kier molecular flexibility index (Phi) is 5.13. The van der Waals surface area contributed by atoms with Gasteiger partial charge in [-0.05, 0) is 45.0 Å². The Balaban J connectivity index is 2.84. The monoisotopic (exact) mass is 272 g/mol. The summed E-state index contributed by atoms with van der Waals surface area (Å²) in [5, 5.41) is 0. The lowest BCUT2D eigenvalue weighted by Gasteiger charge is -2.13. The largest absolute Gasteiger partial charge is 0.491 e. The number of hydrogen-bond donors (Lipinski definition) is 2. The first-order valence-corrected chi connectivity index (χ1v) is 7.32. The maximum absolute atomic E-state index is 11.9. The van der Waals surface area contributed by atoms with Gasteiger partial charge in [0.25, 0.3) is 0 Å². The van der Waals surface area contributed by atoms with Crippen molar-refractivity contribution in [2.24, 2.45) is 5.73 Å². The van der Waals surface area contributed by atoms with Crippen LogP contribution < -0.4 is 15.2 Å². The molecule has 1 rings (SSSR count). The fourth-order valence-corrected chi connectivity index (χ4v) is 2.61. The summed E-state index contributed by atoms with van der Waals surface area (Å²) in [5.74, 6) is 0.649. The molecule has 6 heteroatoms. The summed E-state index contributed by atoms with van der Waals surface area (Å²) in [4.78, 5) is 0.207. The van der Waals surface area contributed by atoms with E-state index in [1.54, 1.807) is 19.1 Å². The molecule has 0 aliphatic heterocycles. The van der Waals surface area contributed by atoms with E-state index < -0.39 is 10.0 Å². The molecule has 102 valence electrons. The van der Waals surface area contributed by atoms with Crippen molar-refractivity contribution in [3.63, 3.8) is 0 Å². The van der Waals surface area contributed by atoms with Crippen LogP contribution in [0.2, 0.25) is 0 Å². The van der Waals surface area contributed by atoms with E-state index in [2.05, 4.69) is 4.72 Å². The molecule has 0 heterocycles. The van der Waals surface area contributed by atoms with Crippen molar-refractivity contribution in [2.45, 2.75) is 37.8 Å². The van der Waals surface area contributed by atoms with Crippen molar-refractivity contribution in [2.75, 3.05) is 6.54 Å². The molecule has 0 unspecified atom stereocenters. The Labute approximate surface area is 108 Å². The third-order valence-corrected chi connectivity index (χ3v) is 3.82. The van der Waals surface area contributed by atoms with Gasteiger partial charge in [-0.3, -0.25) is 0 Å². The first-order chi connectivity index (χ1) is 8.35. The number of nitrogens with one attached hydrogen (secondary N) is 1. The van der Waals surface area contributed by atoms with Crippen molar-refractivity contribution in [3.8, 4) is 5.75 Å². The number of hydrogen-bond acceptors (Lipinski definition) is 4. The molecular weight excluding hydrogens is 252 g/mol. The minimum atomic E-state index is -3.50. The summed E-state index contributed by atoms with van der Waals surface area (Å²) in [6.45, 7) is 5.80. The zero-order chi connectivity index (χ0) is 13.8. The fourth-order valence-electron chi connectivity index (χ4n) is 1.35. The summed E-state index contributed by atoms with van der Waals surface area (Å²) in [5.41, 5.74) is 5.39. The van der Waals surface area contributed by atoms with E-state index in [1.165, 1.54) is 12.1 Å². The van der Waals surface area contributed by atoms with Crippen LogP contribution in [0.5, 0.6) is 5.75 Å². The second-order valence-electron chi connectivity index (χ2n) is 4.40. The van der Waals surface area contributed by atoms with Crippen LogP contribution in [0.4, 0.5) is 0 Å². The third-order valence-electron chi connectivity index (χ3n) is 2.22. The van der Waals surface area contributed by atoms with Crippen molar-refractivity contribution in [3.05, 3.63) is 24.3 Å². The molecule has 0 bridgehead atoms. The van der Waals surface area contributed by atoms with E-state index in [-0.39, 0.29) is 23.6 Å². The number of benzene rings is 1. The van der Waals surface area contributed by atoms with Crippen LogP contribution in [0.1, 0.15) is 20.8 Å². The van der Waals surface area contributed by atoms with Gasteiger partial charge in [-0.2, -0.15) is 0 Å². The lowest BCUT2D eigenvalue weighted by molar-refractivity contribution is 0.242. The first-order valence-electron chi connectivity index (χ1n) is 5.84. The Bertz CT molecular complexity index is 469. The maximum atomic E-state index is 11.9. The third kappa shape index (κ3) is 4.29. The van der Waals surface area contributed by atoms with Crippen LogP contribution in [0.3, 0.4) is 0 Å². The van der Waals surface area contributed by atoms with Crippen molar-refractivity contribution >= 4 is 10.0 Å². The maximum Gasteiger partial charge on any atom is 0.240 e. The average molecular weight is 272 g/mol. The molecule has 1 aromatic carbocycles. The Morgan fingerprint density at radius 1 is 1.22 bits per heavy atom. The van der Waals surface area contributed by atoms with E-state index in [4.69, 9.17) is 10.5 Å². The van der Waals surface area contributed by atoms with E-state index in [0.29, 0.717) is 5.75 Å².